The van der Waals surface area contributed by atoms with E-state index in [9.17, 15) is 0 Å². The van der Waals surface area contributed by atoms with Crippen molar-refractivity contribution in [3.63, 3.8) is 0 Å². The standard InChI is InChI=1S/C41H28N4O/c1-46-31-23-21-28(22-24-31)37-38-32-16-5-7-18-34(32)44(30-15-11-14-29(26-30)27-12-3-2-4-13-27)40(38)43-41-39(37)33-17-6-8-19-35(33)45(41)36-20-9-10-25-42-36/h2-26H,1H3. The van der Waals surface area contributed by atoms with Crippen LogP contribution < -0.4 is 4.74 Å². The zero-order valence-corrected chi connectivity index (χ0v) is 25.1. The van der Waals surface area contributed by atoms with Crippen molar-refractivity contribution in [2.45, 2.75) is 0 Å². The summed E-state index contributed by atoms with van der Waals surface area (Å²) in [6.07, 6.45) is 1.84. The van der Waals surface area contributed by atoms with Crippen LogP contribution in [0.4, 0.5) is 0 Å². The highest BCUT2D eigenvalue weighted by Gasteiger charge is 2.25. The first-order chi connectivity index (χ1) is 22.8. The number of hydrogen-bond acceptors (Lipinski definition) is 3. The third-order valence-electron chi connectivity index (χ3n) is 8.88. The lowest BCUT2D eigenvalue weighted by atomic mass is 9.96. The fourth-order valence-electron chi connectivity index (χ4n) is 6.86. The Balaban J connectivity index is 1.49. The van der Waals surface area contributed by atoms with Crippen LogP contribution >= 0.6 is 0 Å². The van der Waals surface area contributed by atoms with Crippen molar-refractivity contribution < 1.29 is 4.74 Å². The van der Waals surface area contributed by atoms with Crippen molar-refractivity contribution in [2.75, 3.05) is 7.11 Å². The summed E-state index contributed by atoms with van der Waals surface area (Å²) in [7, 11) is 1.70. The van der Waals surface area contributed by atoms with E-state index >= 15 is 0 Å². The lowest BCUT2D eigenvalue weighted by Crippen LogP contribution is -2.01. The summed E-state index contributed by atoms with van der Waals surface area (Å²) in [6, 6.07) is 50.8. The molecular formula is C41H28N4O. The van der Waals surface area contributed by atoms with Gasteiger partial charge in [0.15, 0.2) is 0 Å². The first-order valence-electron chi connectivity index (χ1n) is 15.4. The number of para-hydroxylation sites is 2. The average molecular weight is 593 g/mol. The van der Waals surface area contributed by atoms with Crippen molar-refractivity contribution in [2.24, 2.45) is 0 Å². The molecule has 0 atom stereocenters. The van der Waals surface area contributed by atoms with Crippen LogP contribution in [0.5, 0.6) is 5.75 Å². The number of rotatable bonds is 5. The van der Waals surface area contributed by atoms with E-state index < -0.39 is 0 Å². The van der Waals surface area contributed by atoms with Crippen LogP contribution in [0, 0.1) is 0 Å². The SMILES string of the molecule is COc1ccc(-c2c3c4ccccc4n(-c4cccc(-c5ccccc5)c4)c3nc3c2c2ccccc2n3-c2ccccn2)cc1. The third kappa shape index (κ3) is 3.95. The molecule has 5 nitrogen and oxygen atoms in total. The van der Waals surface area contributed by atoms with Gasteiger partial charge in [-0.2, -0.15) is 0 Å². The Labute approximate surface area is 265 Å². The smallest absolute Gasteiger partial charge is 0.149 e. The molecule has 0 saturated carbocycles. The quantitative estimate of drug-likeness (QED) is 0.200. The van der Waals surface area contributed by atoms with Crippen LogP contribution in [0.2, 0.25) is 0 Å². The minimum Gasteiger partial charge on any atom is -0.497 e. The summed E-state index contributed by atoms with van der Waals surface area (Å²) in [5, 5.41) is 4.49. The van der Waals surface area contributed by atoms with Crippen LogP contribution in [0.25, 0.3) is 77.6 Å². The minimum absolute atomic E-state index is 0.821. The highest BCUT2D eigenvalue weighted by atomic mass is 16.5. The van der Waals surface area contributed by atoms with Crippen molar-refractivity contribution in [3.05, 3.63) is 152 Å². The van der Waals surface area contributed by atoms with E-state index in [0.29, 0.717) is 0 Å². The molecule has 0 unspecified atom stereocenters. The van der Waals surface area contributed by atoms with Gasteiger partial charge in [0.05, 0.1) is 18.1 Å². The van der Waals surface area contributed by atoms with Crippen LogP contribution in [0.3, 0.4) is 0 Å². The minimum atomic E-state index is 0.821. The normalized spacial score (nSPS) is 11.6. The lowest BCUT2D eigenvalue weighted by Gasteiger charge is -2.13. The first-order valence-corrected chi connectivity index (χ1v) is 15.4. The highest BCUT2D eigenvalue weighted by molar-refractivity contribution is 6.26. The van der Waals surface area contributed by atoms with Gasteiger partial charge >= 0.3 is 0 Å². The Morgan fingerprint density at radius 3 is 1.85 bits per heavy atom. The second-order valence-electron chi connectivity index (χ2n) is 11.4. The van der Waals surface area contributed by atoms with Gasteiger partial charge < -0.3 is 4.74 Å². The second kappa shape index (κ2) is 10.5. The summed E-state index contributed by atoms with van der Waals surface area (Å²) in [5.74, 6) is 1.65. The topological polar surface area (TPSA) is 44.9 Å². The number of hydrogen-bond donors (Lipinski definition) is 0. The van der Waals surface area contributed by atoms with E-state index in [-0.39, 0.29) is 0 Å². The summed E-state index contributed by atoms with van der Waals surface area (Å²) in [6.45, 7) is 0. The van der Waals surface area contributed by atoms with Gasteiger partial charge in [-0.25, -0.2) is 9.97 Å². The summed E-state index contributed by atoms with van der Waals surface area (Å²) >= 11 is 0. The predicted molar refractivity (Wildman–Crippen MR) is 188 cm³/mol. The second-order valence-corrected chi connectivity index (χ2v) is 11.4. The van der Waals surface area contributed by atoms with Gasteiger partial charge in [-0.3, -0.25) is 9.13 Å². The molecule has 0 saturated heterocycles. The Morgan fingerprint density at radius 2 is 1.15 bits per heavy atom. The molecule has 4 aromatic heterocycles. The van der Waals surface area contributed by atoms with Gasteiger partial charge in [-0.05, 0) is 65.2 Å². The van der Waals surface area contributed by atoms with Gasteiger partial charge in [-0.15, -0.1) is 0 Å². The molecule has 0 bridgehead atoms. The van der Waals surface area contributed by atoms with E-state index in [2.05, 4.69) is 124 Å². The zero-order chi connectivity index (χ0) is 30.6. The van der Waals surface area contributed by atoms with Gasteiger partial charge in [0, 0.05) is 39.0 Å². The molecule has 0 radical (unpaired) electrons. The lowest BCUT2D eigenvalue weighted by molar-refractivity contribution is 0.415. The van der Waals surface area contributed by atoms with E-state index in [1.807, 2.05) is 36.5 Å². The van der Waals surface area contributed by atoms with E-state index in [1.54, 1.807) is 7.11 Å². The van der Waals surface area contributed by atoms with Gasteiger partial charge in [-0.1, -0.05) is 97.1 Å². The maximum atomic E-state index is 5.59. The molecule has 0 N–H and O–H groups in total. The maximum absolute atomic E-state index is 5.59. The average Bonchev–Trinajstić information content (AvgIpc) is 3.64. The Morgan fingerprint density at radius 1 is 0.522 bits per heavy atom. The molecule has 9 aromatic rings. The largest absolute Gasteiger partial charge is 0.497 e. The highest BCUT2D eigenvalue weighted by Crippen LogP contribution is 2.45. The number of pyridine rings is 2. The first kappa shape index (κ1) is 26.2. The van der Waals surface area contributed by atoms with E-state index in [4.69, 9.17) is 14.7 Å². The molecule has 4 heterocycles. The van der Waals surface area contributed by atoms with Crippen LogP contribution in [-0.2, 0) is 0 Å². The number of aromatic nitrogens is 4. The fourth-order valence-corrected chi connectivity index (χ4v) is 6.86. The van der Waals surface area contributed by atoms with Crippen LogP contribution in [-0.4, -0.2) is 26.2 Å². The number of fused-ring (bicyclic) bond motifs is 6. The third-order valence-corrected chi connectivity index (χ3v) is 8.88. The van der Waals surface area contributed by atoms with Crippen molar-refractivity contribution in [1.29, 1.82) is 0 Å². The van der Waals surface area contributed by atoms with Gasteiger partial charge in [0.1, 0.15) is 22.9 Å². The molecule has 0 amide bonds. The Hall–Kier alpha value is -6.20. The maximum Gasteiger partial charge on any atom is 0.149 e. The number of ether oxygens (including phenoxy) is 1. The molecule has 0 aliphatic heterocycles. The molecule has 5 heteroatoms. The summed E-state index contributed by atoms with van der Waals surface area (Å²) in [4.78, 5) is 10.4. The molecule has 9 rings (SSSR count). The molecular weight excluding hydrogens is 564 g/mol. The van der Waals surface area contributed by atoms with E-state index in [0.717, 1.165) is 77.8 Å². The molecule has 46 heavy (non-hydrogen) atoms. The molecule has 0 aliphatic carbocycles. The summed E-state index contributed by atoms with van der Waals surface area (Å²) in [5.41, 5.74) is 9.55. The van der Waals surface area contributed by atoms with Gasteiger partial charge in [0.2, 0.25) is 0 Å². The Bertz CT molecular complexity index is 2550. The zero-order valence-electron chi connectivity index (χ0n) is 25.1. The van der Waals surface area contributed by atoms with Crippen molar-refractivity contribution in [1.82, 2.24) is 19.1 Å². The molecule has 5 aromatic carbocycles. The Kier molecular flexibility index (Phi) is 5.96. The van der Waals surface area contributed by atoms with Crippen molar-refractivity contribution in [3.8, 4) is 39.5 Å². The summed E-state index contributed by atoms with van der Waals surface area (Å²) < 4.78 is 10.1. The van der Waals surface area contributed by atoms with E-state index in [1.165, 1.54) is 5.56 Å². The molecule has 0 aliphatic rings. The van der Waals surface area contributed by atoms with Gasteiger partial charge in [0.25, 0.3) is 0 Å². The van der Waals surface area contributed by atoms with Crippen LogP contribution in [0.1, 0.15) is 0 Å². The van der Waals surface area contributed by atoms with Crippen molar-refractivity contribution >= 4 is 43.9 Å². The number of benzene rings is 5. The van der Waals surface area contributed by atoms with Crippen LogP contribution in [0.15, 0.2) is 152 Å². The number of methoxy groups -OCH3 is 1. The molecule has 0 fully saturated rings. The predicted octanol–water partition coefficient (Wildman–Crippen LogP) is 10.0. The molecule has 0 spiro atoms. The molecule has 218 valence electrons. The number of nitrogens with zero attached hydrogens (tertiary/aromatic N) is 4. The fraction of sp³-hybridized carbons (Fsp3) is 0.0244. The monoisotopic (exact) mass is 592 g/mol.